The first-order valence-corrected chi connectivity index (χ1v) is 13.5. The summed E-state index contributed by atoms with van der Waals surface area (Å²) in [6.07, 6.45) is 0. The predicted octanol–water partition coefficient (Wildman–Crippen LogP) is 3.73. The average Bonchev–Trinajstić information content (AvgIpc) is 2.61. The number of benzene rings is 2. The second-order valence-corrected chi connectivity index (χ2v) is 14.1. The van der Waals surface area contributed by atoms with Gasteiger partial charge in [0, 0.05) is 27.0 Å². The van der Waals surface area contributed by atoms with Crippen LogP contribution in [0.5, 0.6) is 0 Å². The van der Waals surface area contributed by atoms with Gasteiger partial charge in [-0.15, -0.1) is 0 Å². The molecule has 0 saturated carbocycles. The molecule has 3 nitrogen and oxygen atoms in total. The largest absolute Gasteiger partial charge is 0.359 e. The smallest absolute Gasteiger partial charge is 0.282 e. The molecule has 0 amide bonds. The minimum atomic E-state index is -2.69. The molecule has 0 bridgehead atoms. The van der Waals surface area contributed by atoms with Gasteiger partial charge >= 0.3 is 0 Å². The van der Waals surface area contributed by atoms with Crippen LogP contribution in [0.2, 0.25) is 13.1 Å². The Labute approximate surface area is 180 Å². The molecular formula is C21H19BrF4N2OSi. The Bertz CT molecular complexity index is 1090. The van der Waals surface area contributed by atoms with Gasteiger partial charge in [0.2, 0.25) is 0 Å². The summed E-state index contributed by atoms with van der Waals surface area (Å²) < 4.78 is 54.0. The van der Waals surface area contributed by atoms with Crippen LogP contribution in [0.4, 0.5) is 28.9 Å². The van der Waals surface area contributed by atoms with Crippen LogP contribution < -0.4 is 20.2 Å². The molecule has 0 aliphatic carbocycles. The fourth-order valence-corrected chi connectivity index (χ4v) is 8.47. The van der Waals surface area contributed by atoms with Gasteiger partial charge in [0.1, 0.15) is 8.07 Å². The maximum Gasteiger partial charge on any atom is 0.282 e. The number of ketones is 1. The number of hydrogen-bond donors (Lipinski definition) is 0. The van der Waals surface area contributed by atoms with E-state index in [2.05, 4.69) is 29.0 Å². The summed E-state index contributed by atoms with van der Waals surface area (Å²) in [6, 6.07) is 8.93. The minimum Gasteiger partial charge on any atom is -0.359 e. The molecule has 3 heterocycles. The van der Waals surface area contributed by atoms with Gasteiger partial charge in [-0.25, -0.2) is 17.6 Å². The Morgan fingerprint density at radius 1 is 0.867 bits per heavy atom. The standard InChI is InChI=1S/C21H19BrF4N2OSi/c1-30(2)16-6-12(27-8-20(23,24)9-27)3-4-14(16)19(29)18-15(22)5-13(7-17(18)30)28-10-21(25,26)11-28/h3-7H,8-11H2,1-2H3. The number of anilines is 2. The van der Waals surface area contributed by atoms with Crippen molar-refractivity contribution in [3.05, 3.63) is 45.9 Å². The van der Waals surface area contributed by atoms with Gasteiger partial charge < -0.3 is 9.80 Å². The molecule has 2 saturated heterocycles. The van der Waals surface area contributed by atoms with Crippen molar-refractivity contribution in [2.24, 2.45) is 0 Å². The van der Waals surface area contributed by atoms with Gasteiger partial charge in [0.05, 0.1) is 26.2 Å². The van der Waals surface area contributed by atoms with E-state index in [1.54, 1.807) is 28.0 Å². The zero-order valence-corrected chi connectivity index (χ0v) is 19.0. The zero-order chi connectivity index (χ0) is 21.6. The van der Waals surface area contributed by atoms with Crippen LogP contribution in [0.15, 0.2) is 34.8 Å². The van der Waals surface area contributed by atoms with Gasteiger partial charge in [-0.05, 0) is 56.6 Å². The van der Waals surface area contributed by atoms with Gasteiger partial charge in [0.25, 0.3) is 11.8 Å². The van der Waals surface area contributed by atoms with Crippen LogP contribution in [-0.2, 0) is 0 Å². The summed E-state index contributed by atoms with van der Waals surface area (Å²) in [5.41, 5.74) is 2.54. The Hall–Kier alpha value is -1.87. The Morgan fingerprint density at radius 2 is 1.40 bits per heavy atom. The van der Waals surface area contributed by atoms with Crippen LogP contribution in [0, 0.1) is 0 Å². The molecule has 0 aromatic heterocycles. The Morgan fingerprint density at radius 3 is 1.97 bits per heavy atom. The highest BCUT2D eigenvalue weighted by molar-refractivity contribution is 9.10. The van der Waals surface area contributed by atoms with Crippen molar-refractivity contribution in [1.82, 2.24) is 0 Å². The normalized spacial score (nSPS) is 22.7. The van der Waals surface area contributed by atoms with E-state index < -0.39 is 19.9 Å². The molecule has 30 heavy (non-hydrogen) atoms. The number of fused-ring (bicyclic) bond motifs is 2. The molecular weight excluding hydrogens is 480 g/mol. The highest BCUT2D eigenvalue weighted by atomic mass is 79.9. The zero-order valence-electron chi connectivity index (χ0n) is 16.4. The molecule has 5 rings (SSSR count). The lowest BCUT2D eigenvalue weighted by Gasteiger charge is -2.43. The summed E-state index contributed by atoms with van der Waals surface area (Å²) in [4.78, 5) is 16.5. The monoisotopic (exact) mass is 498 g/mol. The van der Waals surface area contributed by atoms with Crippen molar-refractivity contribution in [2.45, 2.75) is 24.9 Å². The van der Waals surface area contributed by atoms with E-state index in [1.165, 1.54) is 0 Å². The second-order valence-electron chi connectivity index (χ2n) is 8.96. The third kappa shape index (κ3) is 2.92. The predicted molar refractivity (Wildman–Crippen MR) is 115 cm³/mol. The lowest BCUT2D eigenvalue weighted by molar-refractivity contribution is -0.0268. The van der Waals surface area contributed by atoms with Gasteiger partial charge in [-0.1, -0.05) is 13.1 Å². The van der Waals surface area contributed by atoms with E-state index in [0.717, 1.165) is 10.4 Å². The molecule has 2 fully saturated rings. The molecule has 2 aromatic rings. The molecule has 3 aliphatic rings. The first kappa shape index (κ1) is 20.1. The van der Waals surface area contributed by atoms with Crippen molar-refractivity contribution in [3.8, 4) is 0 Å². The first-order chi connectivity index (χ1) is 13.9. The molecule has 0 radical (unpaired) electrons. The van der Waals surface area contributed by atoms with E-state index >= 15 is 0 Å². The fraction of sp³-hybridized carbons (Fsp3) is 0.381. The van der Waals surface area contributed by atoms with E-state index in [4.69, 9.17) is 0 Å². The number of halogens is 5. The van der Waals surface area contributed by atoms with E-state index in [1.807, 2.05) is 12.1 Å². The highest BCUT2D eigenvalue weighted by Crippen LogP contribution is 2.37. The Kier molecular flexibility index (Phi) is 4.07. The number of alkyl halides is 4. The van der Waals surface area contributed by atoms with Crippen molar-refractivity contribution in [2.75, 3.05) is 36.0 Å². The van der Waals surface area contributed by atoms with Crippen molar-refractivity contribution < 1.29 is 22.4 Å². The van der Waals surface area contributed by atoms with Gasteiger partial charge in [0.15, 0.2) is 5.78 Å². The lowest BCUT2D eigenvalue weighted by Crippen LogP contribution is -2.61. The molecule has 9 heteroatoms. The van der Waals surface area contributed by atoms with Gasteiger partial charge in [-0.2, -0.15) is 0 Å². The molecule has 3 aliphatic heterocycles. The van der Waals surface area contributed by atoms with Crippen LogP contribution in [0.25, 0.3) is 0 Å². The highest BCUT2D eigenvalue weighted by Gasteiger charge is 2.47. The van der Waals surface area contributed by atoms with Crippen LogP contribution >= 0.6 is 15.9 Å². The summed E-state index contributed by atoms with van der Waals surface area (Å²) in [5, 5.41) is 1.77. The first-order valence-electron chi connectivity index (χ1n) is 9.67. The summed E-state index contributed by atoms with van der Waals surface area (Å²) >= 11 is 3.49. The summed E-state index contributed by atoms with van der Waals surface area (Å²) in [7, 11) is -2.39. The Balaban J connectivity index is 1.58. The maximum atomic E-state index is 13.4. The number of carbonyl (C=O) groups is 1. The third-order valence-electron chi connectivity index (χ3n) is 6.32. The number of rotatable bonds is 2. The van der Waals surface area contributed by atoms with Crippen molar-refractivity contribution in [1.29, 1.82) is 0 Å². The van der Waals surface area contributed by atoms with E-state index in [0.29, 0.717) is 27.0 Å². The summed E-state index contributed by atoms with van der Waals surface area (Å²) in [5.74, 6) is -5.49. The van der Waals surface area contributed by atoms with Crippen molar-refractivity contribution in [3.63, 3.8) is 0 Å². The van der Waals surface area contributed by atoms with E-state index in [-0.39, 0.29) is 32.0 Å². The molecule has 0 atom stereocenters. The number of nitrogens with zero attached hydrogens (tertiary/aromatic N) is 2. The van der Waals surface area contributed by atoms with Gasteiger partial charge in [-0.3, -0.25) is 4.79 Å². The molecule has 0 N–H and O–H groups in total. The number of hydrogen-bond acceptors (Lipinski definition) is 3. The topological polar surface area (TPSA) is 23.6 Å². The molecule has 0 unspecified atom stereocenters. The van der Waals surface area contributed by atoms with Crippen LogP contribution in [0.3, 0.4) is 0 Å². The lowest BCUT2D eigenvalue weighted by atomic mass is 9.99. The SMILES string of the molecule is C[Si]1(C)c2cc(N3CC(F)(F)C3)ccc2C(=O)c2c(Br)cc(N3CC(F)(F)C3)cc21. The summed E-state index contributed by atoms with van der Waals surface area (Å²) in [6.45, 7) is 2.89. The van der Waals surface area contributed by atoms with Crippen molar-refractivity contribution >= 4 is 51.5 Å². The third-order valence-corrected chi connectivity index (χ3v) is 10.4. The quantitative estimate of drug-likeness (QED) is 0.465. The average molecular weight is 499 g/mol. The van der Waals surface area contributed by atoms with Crippen LogP contribution in [-0.4, -0.2) is 51.9 Å². The molecule has 0 spiro atoms. The van der Waals surface area contributed by atoms with Crippen LogP contribution in [0.1, 0.15) is 15.9 Å². The maximum absolute atomic E-state index is 13.4. The second kappa shape index (κ2) is 6.09. The molecule has 2 aromatic carbocycles. The molecule has 158 valence electrons. The van der Waals surface area contributed by atoms with E-state index in [9.17, 15) is 22.4 Å². The fourth-order valence-electron chi connectivity index (χ4n) is 4.61. The number of carbonyl (C=O) groups excluding carboxylic acids is 1. The minimum absolute atomic E-state index is 0.125.